The molecule has 0 aliphatic heterocycles. The van der Waals surface area contributed by atoms with Gasteiger partial charge in [0.25, 0.3) is 0 Å². The third-order valence-electron chi connectivity index (χ3n) is 2.71. The van der Waals surface area contributed by atoms with Gasteiger partial charge < -0.3 is 0 Å². The summed E-state index contributed by atoms with van der Waals surface area (Å²) in [6, 6.07) is 2.43. The van der Waals surface area contributed by atoms with Crippen LogP contribution in [-0.2, 0) is 6.42 Å². The van der Waals surface area contributed by atoms with Crippen molar-refractivity contribution in [3.63, 3.8) is 0 Å². The summed E-state index contributed by atoms with van der Waals surface area (Å²) < 4.78 is 3.02. The van der Waals surface area contributed by atoms with E-state index in [9.17, 15) is 0 Å². The second-order valence-electron chi connectivity index (χ2n) is 4.32. The molecule has 18 heavy (non-hydrogen) atoms. The van der Waals surface area contributed by atoms with Crippen LogP contribution in [0.5, 0.6) is 0 Å². The molecule has 0 radical (unpaired) electrons. The minimum Gasteiger partial charge on any atom is -0.271 e. The highest BCUT2D eigenvalue weighted by Crippen LogP contribution is 2.26. The number of nitrogens with one attached hydrogen (secondary N) is 1. The van der Waals surface area contributed by atoms with Gasteiger partial charge in [-0.2, -0.15) is 5.10 Å². The third-order valence-corrected chi connectivity index (χ3v) is 4.24. The average molecular weight is 330 g/mol. The predicted octanol–water partition coefficient (Wildman–Crippen LogP) is 2.43. The van der Waals surface area contributed by atoms with E-state index in [1.165, 1.54) is 0 Å². The van der Waals surface area contributed by atoms with Crippen molar-refractivity contribution in [2.45, 2.75) is 32.4 Å². The first-order valence-corrected chi connectivity index (χ1v) is 7.37. The zero-order valence-corrected chi connectivity index (χ0v) is 12.7. The summed E-state index contributed by atoms with van der Waals surface area (Å²) in [7, 11) is 0. The van der Waals surface area contributed by atoms with Crippen LogP contribution in [0.25, 0.3) is 0 Å². The molecule has 0 aliphatic rings. The number of hydrogen-bond acceptors (Lipinski definition) is 5. The number of hydrogen-bond donors (Lipinski definition) is 2. The van der Waals surface area contributed by atoms with Crippen molar-refractivity contribution in [1.82, 2.24) is 20.2 Å². The van der Waals surface area contributed by atoms with Crippen molar-refractivity contribution >= 4 is 27.3 Å². The second-order valence-corrected chi connectivity index (χ2v) is 6.61. The maximum Gasteiger partial charge on any atom is 0.138 e. The van der Waals surface area contributed by atoms with Gasteiger partial charge in [0, 0.05) is 12.5 Å². The minimum atomic E-state index is 0.0502. The molecule has 2 rings (SSSR count). The Kier molecular flexibility index (Phi) is 4.50. The molecule has 0 aromatic carbocycles. The number of thiophene rings is 1. The normalized spacial score (nSPS) is 13.2. The number of halogens is 1. The molecule has 0 bridgehead atoms. The topological polar surface area (TPSA) is 68.8 Å². The lowest BCUT2D eigenvalue weighted by Crippen LogP contribution is -2.30. The molecule has 3 N–H and O–H groups in total. The second kappa shape index (κ2) is 5.92. The molecule has 1 atom stereocenters. The molecule has 7 heteroatoms. The minimum absolute atomic E-state index is 0.0502. The number of nitrogens with zero attached hydrogens (tertiary/aromatic N) is 3. The summed E-state index contributed by atoms with van der Waals surface area (Å²) >= 11 is 5.11. The molecule has 1 unspecified atom stereocenters. The van der Waals surface area contributed by atoms with Crippen LogP contribution in [0, 0.1) is 0 Å². The Bertz CT molecular complexity index is 507. The smallest absolute Gasteiger partial charge is 0.138 e. The van der Waals surface area contributed by atoms with Crippen LogP contribution < -0.4 is 11.3 Å². The maximum absolute atomic E-state index is 5.64. The van der Waals surface area contributed by atoms with Crippen LogP contribution in [0.2, 0.25) is 0 Å². The molecule has 98 valence electrons. The number of aromatic nitrogens is 3. The molecule has 0 amide bonds. The highest BCUT2D eigenvalue weighted by atomic mass is 79.9. The van der Waals surface area contributed by atoms with Gasteiger partial charge in [-0.1, -0.05) is 0 Å². The maximum atomic E-state index is 5.64. The lowest BCUT2D eigenvalue weighted by Gasteiger charge is -2.16. The first-order chi connectivity index (χ1) is 8.61. The molecule has 2 aromatic heterocycles. The van der Waals surface area contributed by atoms with Gasteiger partial charge in [-0.25, -0.2) is 9.67 Å². The van der Waals surface area contributed by atoms with E-state index in [1.807, 2.05) is 4.68 Å². The molecular formula is C11H16BrN5S. The fourth-order valence-corrected chi connectivity index (χ4v) is 3.04. The lowest BCUT2D eigenvalue weighted by molar-refractivity contribution is 0.469. The Hall–Kier alpha value is -0.760. The third kappa shape index (κ3) is 2.97. The first kappa shape index (κ1) is 13.7. The highest BCUT2D eigenvalue weighted by Gasteiger charge is 2.16. The van der Waals surface area contributed by atoms with Crippen LogP contribution >= 0.6 is 27.3 Å². The van der Waals surface area contributed by atoms with Crippen molar-refractivity contribution in [3.8, 4) is 0 Å². The molecule has 2 heterocycles. The van der Waals surface area contributed by atoms with Gasteiger partial charge in [0.2, 0.25) is 0 Å². The molecule has 0 spiro atoms. The molecule has 0 aliphatic carbocycles. The van der Waals surface area contributed by atoms with E-state index in [4.69, 9.17) is 5.84 Å². The van der Waals surface area contributed by atoms with E-state index >= 15 is 0 Å². The number of rotatable bonds is 5. The Morgan fingerprint density at radius 3 is 2.89 bits per heavy atom. The molecule has 0 fully saturated rings. The van der Waals surface area contributed by atoms with Gasteiger partial charge in [-0.15, -0.1) is 11.3 Å². The Morgan fingerprint density at radius 2 is 2.33 bits per heavy atom. The SMILES string of the molecule is CC(C)n1ncnc1CC(NN)c1csc(Br)c1. The van der Waals surface area contributed by atoms with Crippen LogP contribution in [0.4, 0.5) is 0 Å². The van der Waals surface area contributed by atoms with Gasteiger partial charge in [-0.05, 0) is 46.8 Å². The highest BCUT2D eigenvalue weighted by molar-refractivity contribution is 9.11. The summed E-state index contributed by atoms with van der Waals surface area (Å²) in [6.07, 6.45) is 2.31. The standard InChI is InChI=1S/C11H16BrN5S/c1-7(2)17-11(14-6-15-17)4-9(16-13)8-3-10(12)18-5-8/h3,5-7,9,16H,4,13H2,1-2H3. The zero-order chi connectivity index (χ0) is 13.1. The van der Waals surface area contributed by atoms with E-state index in [1.54, 1.807) is 17.7 Å². The molecular weight excluding hydrogens is 314 g/mol. The summed E-state index contributed by atoms with van der Waals surface area (Å²) in [5, 5.41) is 6.32. The number of nitrogens with two attached hydrogens (primary N) is 1. The predicted molar refractivity (Wildman–Crippen MR) is 76.2 cm³/mol. The summed E-state index contributed by atoms with van der Waals surface area (Å²) in [6.45, 7) is 4.18. The van der Waals surface area contributed by atoms with Gasteiger partial charge in [0.05, 0.1) is 9.83 Å². The van der Waals surface area contributed by atoms with Gasteiger partial charge in [0.1, 0.15) is 12.2 Å². The first-order valence-electron chi connectivity index (χ1n) is 5.70. The summed E-state index contributed by atoms with van der Waals surface area (Å²) in [5.74, 6) is 6.58. The fraction of sp³-hybridized carbons (Fsp3) is 0.455. The molecule has 2 aromatic rings. The number of hydrazine groups is 1. The van der Waals surface area contributed by atoms with Crippen LogP contribution in [0.3, 0.4) is 0 Å². The molecule has 0 saturated heterocycles. The van der Waals surface area contributed by atoms with Gasteiger partial charge in [-0.3, -0.25) is 11.3 Å². The molecule has 5 nitrogen and oxygen atoms in total. The van der Waals surface area contributed by atoms with E-state index in [2.05, 4.69) is 56.7 Å². The Morgan fingerprint density at radius 1 is 1.56 bits per heavy atom. The van der Waals surface area contributed by atoms with E-state index in [-0.39, 0.29) is 6.04 Å². The largest absolute Gasteiger partial charge is 0.271 e. The lowest BCUT2D eigenvalue weighted by atomic mass is 10.1. The van der Waals surface area contributed by atoms with Crippen LogP contribution in [0.1, 0.15) is 37.3 Å². The zero-order valence-electron chi connectivity index (χ0n) is 10.3. The van der Waals surface area contributed by atoms with Gasteiger partial charge >= 0.3 is 0 Å². The van der Waals surface area contributed by atoms with Crippen molar-refractivity contribution < 1.29 is 0 Å². The van der Waals surface area contributed by atoms with Crippen molar-refractivity contribution in [2.24, 2.45) is 5.84 Å². The van der Waals surface area contributed by atoms with Gasteiger partial charge in [0.15, 0.2) is 0 Å². The van der Waals surface area contributed by atoms with Crippen LogP contribution in [0.15, 0.2) is 21.6 Å². The quantitative estimate of drug-likeness (QED) is 0.653. The monoisotopic (exact) mass is 329 g/mol. The van der Waals surface area contributed by atoms with Crippen LogP contribution in [-0.4, -0.2) is 14.8 Å². The average Bonchev–Trinajstić information content (AvgIpc) is 2.94. The van der Waals surface area contributed by atoms with E-state index in [0.29, 0.717) is 6.04 Å². The van der Waals surface area contributed by atoms with E-state index < -0.39 is 0 Å². The molecule has 0 saturated carbocycles. The van der Waals surface area contributed by atoms with Crippen molar-refractivity contribution in [3.05, 3.63) is 32.9 Å². The van der Waals surface area contributed by atoms with Crippen molar-refractivity contribution in [2.75, 3.05) is 0 Å². The fourth-order valence-electron chi connectivity index (χ4n) is 1.81. The Balaban J connectivity index is 2.18. The Labute approximate surface area is 119 Å². The van der Waals surface area contributed by atoms with E-state index in [0.717, 1.165) is 21.6 Å². The van der Waals surface area contributed by atoms with Crippen molar-refractivity contribution in [1.29, 1.82) is 0 Å². The summed E-state index contributed by atoms with van der Waals surface area (Å²) in [5.41, 5.74) is 4.00. The summed E-state index contributed by atoms with van der Waals surface area (Å²) in [4.78, 5) is 4.31.